The standard InChI is InChI=1S/C32H31ClF3N7O2S/c33-24-22(18-2-3-20(35)28-21(18)19(13-37)29(38)46-28)25(36)26-23-27(24)44-11-10-43(17-4-7-39-8-5-17)30(23)41-31(40-26)45-15-32-6-1-9-42(32)14-16(34)12-32/h2-3,16-17,39H,1,4-12,14-15,38H2/t16-,32+/m1/s1. The highest BCUT2D eigenvalue weighted by Gasteiger charge is 2.49. The van der Waals surface area contributed by atoms with Crippen molar-refractivity contribution in [3.63, 3.8) is 0 Å². The van der Waals surface area contributed by atoms with Crippen LogP contribution in [0.25, 0.3) is 32.1 Å². The van der Waals surface area contributed by atoms with Gasteiger partial charge in [-0.2, -0.15) is 15.2 Å². The number of nitrogens with one attached hydrogen (secondary N) is 1. The number of piperidine rings is 1. The Morgan fingerprint density at radius 1 is 1.22 bits per heavy atom. The molecule has 0 aliphatic carbocycles. The molecule has 14 heteroatoms. The van der Waals surface area contributed by atoms with Crippen LogP contribution in [0.3, 0.4) is 0 Å². The lowest BCUT2D eigenvalue weighted by molar-refractivity contribution is 0.107. The summed E-state index contributed by atoms with van der Waals surface area (Å²) in [6.45, 7) is 3.73. The number of ether oxygens (including phenoxy) is 2. The Morgan fingerprint density at radius 3 is 2.85 bits per heavy atom. The van der Waals surface area contributed by atoms with Crippen LogP contribution in [0.1, 0.15) is 37.7 Å². The molecule has 0 unspecified atom stereocenters. The fraction of sp³-hybridized carbons (Fsp3) is 0.469. The van der Waals surface area contributed by atoms with E-state index in [2.05, 4.69) is 20.1 Å². The summed E-state index contributed by atoms with van der Waals surface area (Å²) in [5.41, 5.74) is 5.74. The minimum absolute atomic E-state index is 0.0215. The summed E-state index contributed by atoms with van der Waals surface area (Å²) in [5, 5.41) is 13.9. The van der Waals surface area contributed by atoms with Crippen molar-refractivity contribution in [3.8, 4) is 29.0 Å². The van der Waals surface area contributed by atoms with E-state index in [1.807, 2.05) is 6.07 Å². The number of fused-ring (bicyclic) bond motifs is 2. The number of nitrogens with zero attached hydrogens (tertiary/aromatic N) is 5. The second-order valence-electron chi connectivity index (χ2n) is 12.5. The number of anilines is 2. The van der Waals surface area contributed by atoms with E-state index in [1.165, 1.54) is 12.1 Å². The van der Waals surface area contributed by atoms with Gasteiger partial charge in [0.1, 0.15) is 47.6 Å². The van der Waals surface area contributed by atoms with E-state index in [9.17, 15) is 14.0 Å². The Morgan fingerprint density at radius 2 is 2.04 bits per heavy atom. The highest BCUT2D eigenvalue weighted by Crippen LogP contribution is 2.51. The summed E-state index contributed by atoms with van der Waals surface area (Å²) in [6.07, 6.45) is 2.89. The molecular formula is C32H31ClF3N7O2S. The Kier molecular flexibility index (Phi) is 7.32. The van der Waals surface area contributed by atoms with Gasteiger partial charge in [-0.15, -0.1) is 11.3 Å². The molecule has 4 aliphatic rings. The smallest absolute Gasteiger partial charge is 0.319 e. The summed E-state index contributed by atoms with van der Waals surface area (Å²) in [7, 11) is 0. The Balaban J connectivity index is 1.34. The normalized spacial score (nSPS) is 23.5. The van der Waals surface area contributed by atoms with Gasteiger partial charge in [0.05, 0.1) is 32.8 Å². The molecular weight excluding hydrogens is 639 g/mol. The fourth-order valence-corrected chi connectivity index (χ4v) is 9.14. The van der Waals surface area contributed by atoms with Crippen molar-refractivity contribution in [1.82, 2.24) is 20.2 Å². The third kappa shape index (κ3) is 4.56. The number of hydrogen-bond donors (Lipinski definition) is 2. The van der Waals surface area contributed by atoms with Gasteiger partial charge in [-0.3, -0.25) is 4.90 Å². The minimum Gasteiger partial charge on any atom is -0.489 e. The van der Waals surface area contributed by atoms with Crippen molar-refractivity contribution in [2.75, 3.05) is 56.6 Å². The molecule has 46 heavy (non-hydrogen) atoms. The van der Waals surface area contributed by atoms with Crippen molar-refractivity contribution < 1.29 is 22.6 Å². The van der Waals surface area contributed by atoms with Crippen molar-refractivity contribution in [3.05, 3.63) is 34.4 Å². The van der Waals surface area contributed by atoms with Gasteiger partial charge in [-0.1, -0.05) is 17.7 Å². The van der Waals surface area contributed by atoms with Crippen LogP contribution in [-0.4, -0.2) is 78.6 Å². The van der Waals surface area contributed by atoms with Gasteiger partial charge < -0.3 is 25.4 Å². The summed E-state index contributed by atoms with van der Waals surface area (Å²) >= 11 is 7.94. The first-order valence-corrected chi connectivity index (χ1v) is 16.7. The average Bonchev–Trinajstić information content (AvgIpc) is 3.65. The third-order valence-corrected chi connectivity index (χ3v) is 11.4. The molecule has 3 N–H and O–H groups in total. The molecule has 0 radical (unpaired) electrons. The van der Waals surface area contributed by atoms with E-state index in [-0.39, 0.29) is 73.3 Å². The van der Waals surface area contributed by atoms with Crippen LogP contribution in [0.5, 0.6) is 11.8 Å². The maximum atomic E-state index is 17.1. The zero-order chi connectivity index (χ0) is 31.7. The number of nitriles is 1. The van der Waals surface area contributed by atoms with Crippen molar-refractivity contribution in [2.24, 2.45) is 0 Å². The third-order valence-electron chi connectivity index (χ3n) is 9.97. The van der Waals surface area contributed by atoms with Crippen LogP contribution in [0.2, 0.25) is 5.02 Å². The molecule has 2 aromatic heterocycles. The van der Waals surface area contributed by atoms with Gasteiger partial charge in [0.25, 0.3) is 0 Å². The summed E-state index contributed by atoms with van der Waals surface area (Å²) in [5.74, 6) is -0.685. The van der Waals surface area contributed by atoms with Gasteiger partial charge in [0.15, 0.2) is 11.6 Å². The number of aromatic nitrogens is 2. The lowest BCUT2D eigenvalue weighted by Gasteiger charge is -2.35. The van der Waals surface area contributed by atoms with Gasteiger partial charge in [0.2, 0.25) is 0 Å². The highest BCUT2D eigenvalue weighted by atomic mass is 35.5. The zero-order valence-electron chi connectivity index (χ0n) is 24.8. The van der Waals surface area contributed by atoms with E-state index in [0.29, 0.717) is 30.7 Å². The van der Waals surface area contributed by atoms with Crippen LogP contribution in [0.15, 0.2) is 12.1 Å². The monoisotopic (exact) mass is 669 g/mol. The van der Waals surface area contributed by atoms with Crippen LogP contribution >= 0.6 is 22.9 Å². The molecule has 0 spiro atoms. The average molecular weight is 670 g/mol. The van der Waals surface area contributed by atoms with E-state index in [1.54, 1.807) is 0 Å². The zero-order valence-corrected chi connectivity index (χ0v) is 26.4. The fourth-order valence-electron chi connectivity index (χ4n) is 7.86. The van der Waals surface area contributed by atoms with E-state index >= 15 is 4.39 Å². The minimum atomic E-state index is -0.930. The first-order chi connectivity index (χ1) is 22.3. The molecule has 4 aliphatic heterocycles. The number of benzene rings is 2. The molecule has 8 rings (SSSR count). The molecule has 3 saturated heterocycles. The van der Waals surface area contributed by atoms with Crippen LogP contribution < -0.4 is 25.4 Å². The van der Waals surface area contributed by atoms with Gasteiger partial charge in [-0.25, -0.2) is 13.2 Å². The lowest BCUT2D eigenvalue weighted by Crippen LogP contribution is -2.45. The summed E-state index contributed by atoms with van der Waals surface area (Å²) < 4.78 is 59.2. The Bertz CT molecular complexity index is 1930. The first-order valence-electron chi connectivity index (χ1n) is 15.6. The maximum Gasteiger partial charge on any atom is 0.319 e. The summed E-state index contributed by atoms with van der Waals surface area (Å²) in [4.78, 5) is 13.7. The predicted octanol–water partition coefficient (Wildman–Crippen LogP) is 5.80. The molecule has 2 atom stereocenters. The summed E-state index contributed by atoms with van der Waals surface area (Å²) in [6, 6.07) is 4.73. The topological polar surface area (TPSA) is 113 Å². The number of thiophene rings is 1. The lowest BCUT2D eigenvalue weighted by atomic mass is 9.95. The number of halogens is 4. The van der Waals surface area contributed by atoms with Gasteiger partial charge in [0, 0.05) is 30.0 Å². The van der Waals surface area contributed by atoms with E-state index in [4.69, 9.17) is 31.8 Å². The molecule has 240 valence electrons. The number of nitrogens with two attached hydrogens (primary N) is 1. The van der Waals surface area contributed by atoms with E-state index in [0.717, 1.165) is 56.7 Å². The van der Waals surface area contributed by atoms with Crippen molar-refractivity contribution >= 4 is 54.7 Å². The Labute approximate surface area is 272 Å². The molecule has 0 amide bonds. The second-order valence-corrected chi connectivity index (χ2v) is 14.0. The Hall–Kier alpha value is -3.57. The van der Waals surface area contributed by atoms with Gasteiger partial charge in [-0.05, 0) is 56.9 Å². The number of rotatable bonds is 5. The molecule has 3 fully saturated rings. The van der Waals surface area contributed by atoms with Crippen molar-refractivity contribution in [1.29, 1.82) is 5.26 Å². The number of nitrogen functional groups attached to an aromatic ring is 1. The van der Waals surface area contributed by atoms with Crippen molar-refractivity contribution in [2.45, 2.75) is 49.9 Å². The first kappa shape index (κ1) is 29.8. The molecule has 2 aromatic carbocycles. The number of hydrogen-bond acceptors (Lipinski definition) is 10. The largest absolute Gasteiger partial charge is 0.489 e. The van der Waals surface area contributed by atoms with Crippen LogP contribution in [0, 0.1) is 23.0 Å². The predicted molar refractivity (Wildman–Crippen MR) is 172 cm³/mol. The molecule has 4 aromatic rings. The number of alkyl halides is 1. The van der Waals surface area contributed by atoms with Crippen LogP contribution in [0.4, 0.5) is 24.0 Å². The molecule has 9 nitrogen and oxygen atoms in total. The SMILES string of the molecule is N#Cc1c(N)sc2c(F)ccc(-c3c(Cl)c4c5c(nc(OC[C@@]67CCCN6C[C@H](F)C7)nc5c3F)N(C3CCNCC3)CCO4)c12. The van der Waals surface area contributed by atoms with Crippen LogP contribution in [-0.2, 0) is 0 Å². The molecule has 6 heterocycles. The van der Waals surface area contributed by atoms with E-state index < -0.39 is 23.3 Å². The highest BCUT2D eigenvalue weighted by molar-refractivity contribution is 7.23. The quantitative estimate of drug-likeness (QED) is 0.272. The molecule has 0 bridgehead atoms. The van der Waals surface area contributed by atoms with Gasteiger partial charge >= 0.3 is 6.01 Å². The second kappa shape index (κ2) is 11.3. The molecule has 0 saturated carbocycles. The maximum absolute atomic E-state index is 17.1.